The quantitative estimate of drug-likeness (QED) is 0.661. The van der Waals surface area contributed by atoms with Crippen molar-refractivity contribution in [1.82, 2.24) is 5.32 Å². The molecule has 2 aromatic rings. The second-order valence-electron chi connectivity index (χ2n) is 5.49. The zero-order valence-electron chi connectivity index (χ0n) is 14.9. The van der Waals surface area contributed by atoms with Crippen molar-refractivity contribution < 1.29 is 9.47 Å². The van der Waals surface area contributed by atoms with Crippen LogP contribution in [0.3, 0.4) is 0 Å². The van der Waals surface area contributed by atoms with Crippen LogP contribution in [0.15, 0.2) is 36.4 Å². The molecule has 1 aliphatic heterocycles. The van der Waals surface area contributed by atoms with Gasteiger partial charge in [-0.15, -0.1) is 0 Å². The average Bonchev–Trinajstić information content (AvgIpc) is 2.65. The normalized spacial score (nSPS) is 15.3. The number of para-hydroxylation sites is 1. The van der Waals surface area contributed by atoms with E-state index in [-0.39, 0.29) is 6.10 Å². The fraction of sp³-hybridized carbons (Fsp3) is 0.400. The highest BCUT2D eigenvalue weighted by Gasteiger charge is 2.24. The van der Waals surface area contributed by atoms with E-state index in [4.69, 9.17) is 32.7 Å². The molecule has 3 rings (SSSR count). The van der Waals surface area contributed by atoms with Gasteiger partial charge in [-0.25, -0.2) is 0 Å². The van der Waals surface area contributed by atoms with Gasteiger partial charge in [0.1, 0.15) is 12.7 Å². The van der Waals surface area contributed by atoms with Crippen LogP contribution in [0.5, 0.6) is 11.5 Å². The summed E-state index contributed by atoms with van der Waals surface area (Å²) in [7, 11) is 0. The summed E-state index contributed by atoms with van der Waals surface area (Å²) < 4.78 is 12.0. The van der Waals surface area contributed by atoms with Gasteiger partial charge >= 0.3 is 0 Å². The maximum Gasteiger partial charge on any atom is 0.169 e. The first-order valence-electron chi connectivity index (χ1n) is 8.78. The summed E-state index contributed by atoms with van der Waals surface area (Å²) in [5.74, 6) is 1.47. The summed E-state index contributed by atoms with van der Waals surface area (Å²) in [4.78, 5) is 0. The van der Waals surface area contributed by atoms with Crippen LogP contribution in [0.2, 0.25) is 10.0 Å². The molecule has 1 aliphatic rings. The lowest BCUT2D eigenvalue weighted by atomic mass is 10.0. The summed E-state index contributed by atoms with van der Waals surface area (Å²) >= 11 is 12.5. The lowest BCUT2D eigenvalue weighted by Crippen LogP contribution is -2.38. The third kappa shape index (κ3) is 4.81. The fourth-order valence-electron chi connectivity index (χ4n) is 2.60. The number of hydrogen-bond donors (Lipinski definition) is 1. The zero-order chi connectivity index (χ0) is 18.2. The van der Waals surface area contributed by atoms with Crippen LogP contribution in [0.1, 0.15) is 27.2 Å². The largest absolute Gasteiger partial charge is 0.486 e. The van der Waals surface area contributed by atoms with Crippen molar-refractivity contribution in [3.8, 4) is 22.6 Å². The summed E-state index contributed by atoms with van der Waals surface area (Å²) in [6.45, 7) is 8.40. The minimum atomic E-state index is -0.0202. The van der Waals surface area contributed by atoms with Crippen LogP contribution in [0, 0.1) is 0 Å². The second-order valence-corrected chi connectivity index (χ2v) is 6.27. The first-order chi connectivity index (χ1) is 12.2. The van der Waals surface area contributed by atoms with E-state index in [2.05, 4.69) is 12.2 Å². The number of ether oxygens (including phenoxy) is 2. The highest BCUT2D eigenvalue weighted by molar-refractivity contribution is 6.43. The van der Waals surface area contributed by atoms with Gasteiger partial charge in [-0.05, 0) is 25.1 Å². The molecule has 0 amide bonds. The average molecular weight is 382 g/mol. The Morgan fingerprint density at radius 2 is 1.80 bits per heavy atom. The number of rotatable bonds is 5. The van der Waals surface area contributed by atoms with E-state index in [0.717, 1.165) is 42.1 Å². The third-order valence-corrected chi connectivity index (χ3v) is 4.55. The van der Waals surface area contributed by atoms with Gasteiger partial charge < -0.3 is 14.8 Å². The van der Waals surface area contributed by atoms with Gasteiger partial charge in [0, 0.05) is 17.7 Å². The molecular formula is C20H25Cl2NO2. The van der Waals surface area contributed by atoms with Gasteiger partial charge in [0.15, 0.2) is 11.5 Å². The molecule has 0 spiro atoms. The summed E-state index contributed by atoms with van der Waals surface area (Å²) in [6.07, 6.45) is 1.07. The zero-order valence-corrected chi connectivity index (χ0v) is 16.5. The van der Waals surface area contributed by atoms with Gasteiger partial charge in [-0.3, -0.25) is 0 Å². The lowest BCUT2D eigenvalue weighted by molar-refractivity contribution is 0.0913. The highest BCUT2D eigenvalue weighted by Crippen LogP contribution is 2.44. The maximum atomic E-state index is 6.37. The first-order valence-corrected chi connectivity index (χ1v) is 9.54. The van der Waals surface area contributed by atoms with E-state index in [1.807, 2.05) is 44.2 Å². The molecule has 0 fully saturated rings. The van der Waals surface area contributed by atoms with Crippen LogP contribution in [-0.4, -0.2) is 25.8 Å². The Morgan fingerprint density at radius 1 is 1.08 bits per heavy atom. The lowest BCUT2D eigenvalue weighted by Gasteiger charge is -2.28. The van der Waals surface area contributed by atoms with Crippen molar-refractivity contribution >= 4 is 23.2 Å². The van der Waals surface area contributed by atoms with Gasteiger partial charge in [0.25, 0.3) is 0 Å². The maximum absolute atomic E-state index is 6.37. The summed E-state index contributed by atoms with van der Waals surface area (Å²) in [5.41, 5.74) is 1.75. The molecular weight excluding hydrogens is 357 g/mol. The molecule has 0 saturated heterocycles. The molecule has 1 atom stereocenters. The predicted molar refractivity (Wildman–Crippen MR) is 106 cm³/mol. The molecule has 25 heavy (non-hydrogen) atoms. The van der Waals surface area contributed by atoms with Crippen LogP contribution in [0.25, 0.3) is 11.1 Å². The number of benzene rings is 2. The van der Waals surface area contributed by atoms with Crippen molar-refractivity contribution in [2.75, 3.05) is 19.7 Å². The molecule has 1 unspecified atom stereocenters. The Bertz CT molecular complexity index is 691. The molecule has 2 aromatic carbocycles. The minimum Gasteiger partial charge on any atom is -0.486 e. The van der Waals surface area contributed by atoms with Gasteiger partial charge in [-0.1, -0.05) is 68.2 Å². The van der Waals surface area contributed by atoms with Crippen molar-refractivity contribution in [3.05, 3.63) is 46.4 Å². The molecule has 1 heterocycles. The Hall–Kier alpha value is -1.42. The van der Waals surface area contributed by atoms with E-state index < -0.39 is 0 Å². The minimum absolute atomic E-state index is 0.0202. The van der Waals surface area contributed by atoms with Gasteiger partial charge in [0.05, 0.1) is 10.0 Å². The molecule has 0 aliphatic carbocycles. The topological polar surface area (TPSA) is 30.5 Å². The number of halogens is 2. The van der Waals surface area contributed by atoms with Crippen molar-refractivity contribution in [2.24, 2.45) is 0 Å². The number of nitrogens with one attached hydrogen (secondary N) is 1. The third-order valence-electron chi connectivity index (χ3n) is 3.73. The molecule has 0 radical (unpaired) electrons. The molecule has 1 N–H and O–H groups in total. The van der Waals surface area contributed by atoms with Crippen LogP contribution in [0.4, 0.5) is 0 Å². The van der Waals surface area contributed by atoms with E-state index in [0.29, 0.717) is 16.7 Å². The van der Waals surface area contributed by atoms with Crippen molar-refractivity contribution in [1.29, 1.82) is 0 Å². The standard InChI is InChI=1S/C18H19Cl2NO2.C2H6/c1-2-9-21-10-12-11-22-16-8-4-6-14(18(16)23-12)13-5-3-7-15(19)17(13)20;1-2/h3-8,12,21H,2,9-11H2,1H3;1-2H3. The predicted octanol–water partition coefficient (Wildman–Crippen LogP) is 5.83. The van der Waals surface area contributed by atoms with E-state index in [1.165, 1.54) is 0 Å². The van der Waals surface area contributed by atoms with Gasteiger partial charge in [-0.2, -0.15) is 0 Å². The molecule has 136 valence electrons. The first kappa shape index (κ1) is 19.9. The highest BCUT2D eigenvalue weighted by atomic mass is 35.5. The Balaban J connectivity index is 0.00000109. The van der Waals surface area contributed by atoms with Crippen LogP contribution in [-0.2, 0) is 0 Å². The molecule has 5 heteroatoms. The Labute approximate surface area is 160 Å². The summed E-state index contributed by atoms with van der Waals surface area (Å²) in [5, 5.41) is 4.42. The smallest absolute Gasteiger partial charge is 0.169 e. The SMILES string of the molecule is CC.CCCNCC1COc2cccc(-c3cccc(Cl)c3Cl)c2O1. The second kappa shape index (κ2) is 9.91. The molecule has 3 nitrogen and oxygen atoms in total. The van der Waals surface area contributed by atoms with E-state index >= 15 is 0 Å². The fourth-order valence-corrected chi connectivity index (χ4v) is 3.00. The van der Waals surface area contributed by atoms with Crippen molar-refractivity contribution in [3.63, 3.8) is 0 Å². The molecule has 0 bridgehead atoms. The van der Waals surface area contributed by atoms with Crippen LogP contribution >= 0.6 is 23.2 Å². The number of fused-ring (bicyclic) bond motifs is 1. The van der Waals surface area contributed by atoms with Crippen molar-refractivity contribution in [2.45, 2.75) is 33.3 Å². The van der Waals surface area contributed by atoms with Gasteiger partial charge in [0.2, 0.25) is 0 Å². The van der Waals surface area contributed by atoms with E-state index in [9.17, 15) is 0 Å². The molecule has 0 saturated carbocycles. The monoisotopic (exact) mass is 381 g/mol. The Morgan fingerprint density at radius 3 is 2.56 bits per heavy atom. The Kier molecular flexibility index (Phi) is 7.89. The molecule has 0 aromatic heterocycles. The van der Waals surface area contributed by atoms with E-state index in [1.54, 1.807) is 6.07 Å². The van der Waals surface area contributed by atoms with Crippen LogP contribution < -0.4 is 14.8 Å². The summed E-state index contributed by atoms with van der Waals surface area (Å²) in [6, 6.07) is 11.4. The number of hydrogen-bond acceptors (Lipinski definition) is 3.